The van der Waals surface area contributed by atoms with Gasteiger partial charge in [-0.15, -0.1) is 0 Å². The zero-order chi connectivity index (χ0) is 12.0. The minimum Gasteiger partial charge on any atom is -0.446 e. The van der Waals surface area contributed by atoms with E-state index in [2.05, 4.69) is 15.9 Å². The summed E-state index contributed by atoms with van der Waals surface area (Å²) in [7, 11) is 0. The number of rotatable bonds is 0. The van der Waals surface area contributed by atoms with Crippen molar-refractivity contribution in [3.63, 3.8) is 0 Å². The molecule has 1 fully saturated rings. The Hall–Kier alpha value is -1.42. The number of hydrogen-bond donors (Lipinski definition) is 0. The SMILES string of the molecule is O=C1CCC2(C=C(Br)c3ccccc3C2=O)O1. The van der Waals surface area contributed by atoms with Gasteiger partial charge in [0.25, 0.3) is 0 Å². The number of halogens is 1. The molecule has 17 heavy (non-hydrogen) atoms. The number of benzene rings is 1. The Kier molecular flexibility index (Phi) is 2.23. The minimum atomic E-state index is -1.08. The Morgan fingerprint density at radius 3 is 2.53 bits per heavy atom. The number of ether oxygens (including phenoxy) is 1. The van der Waals surface area contributed by atoms with Crippen molar-refractivity contribution >= 4 is 32.2 Å². The van der Waals surface area contributed by atoms with Gasteiger partial charge in [0, 0.05) is 16.5 Å². The molecule has 0 amide bonds. The Morgan fingerprint density at radius 2 is 1.88 bits per heavy atom. The maximum absolute atomic E-state index is 12.4. The van der Waals surface area contributed by atoms with Crippen LogP contribution in [0.4, 0.5) is 0 Å². The smallest absolute Gasteiger partial charge is 0.307 e. The molecule has 4 heteroatoms. The number of fused-ring (bicyclic) bond motifs is 1. The van der Waals surface area contributed by atoms with E-state index in [0.29, 0.717) is 18.4 Å². The molecule has 1 spiro atoms. The summed E-state index contributed by atoms with van der Waals surface area (Å²) in [5, 5.41) is 0. The van der Waals surface area contributed by atoms with E-state index < -0.39 is 5.60 Å². The molecular formula is C13H9BrO3. The second-order valence-corrected chi connectivity index (χ2v) is 5.08. The van der Waals surface area contributed by atoms with E-state index in [1.807, 2.05) is 18.2 Å². The van der Waals surface area contributed by atoms with Gasteiger partial charge in [0.15, 0.2) is 5.60 Å². The second kappa shape index (κ2) is 3.53. The highest BCUT2D eigenvalue weighted by Gasteiger charge is 2.48. The quantitative estimate of drug-likeness (QED) is 0.691. The van der Waals surface area contributed by atoms with Crippen LogP contribution in [0.15, 0.2) is 30.3 Å². The Balaban J connectivity index is 2.17. The summed E-state index contributed by atoms with van der Waals surface area (Å²) in [4.78, 5) is 23.7. The lowest BCUT2D eigenvalue weighted by Gasteiger charge is -2.28. The summed E-state index contributed by atoms with van der Waals surface area (Å²) in [5.74, 6) is -0.434. The van der Waals surface area contributed by atoms with E-state index in [1.165, 1.54) is 0 Å². The minimum absolute atomic E-state index is 0.123. The van der Waals surface area contributed by atoms with Crippen LogP contribution in [0.5, 0.6) is 0 Å². The molecule has 1 aromatic carbocycles. The highest BCUT2D eigenvalue weighted by Crippen LogP contribution is 2.41. The summed E-state index contributed by atoms with van der Waals surface area (Å²) < 4.78 is 6.04. The number of carbonyl (C=O) groups excluding carboxylic acids is 2. The molecule has 1 unspecified atom stereocenters. The maximum Gasteiger partial charge on any atom is 0.307 e. The fourth-order valence-electron chi connectivity index (χ4n) is 2.32. The van der Waals surface area contributed by atoms with Gasteiger partial charge in [-0.2, -0.15) is 0 Å². The Labute approximate surface area is 107 Å². The van der Waals surface area contributed by atoms with Crippen molar-refractivity contribution in [3.8, 4) is 0 Å². The van der Waals surface area contributed by atoms with Crippen LogP contribution in [0.3, 0.4) is 0 Å². The van der Waals surface area contributed by atoms with Crippen LogP contribution >= 0.6 is 15.9 Å². The molecule has 2 aliphatic rings. The van der Waals surface area contributed by atoms with E-state index in [-0.39, 0.29) is 11.8 Å². The Bertz CT molecular complexity index is 562. The van der Waals surface area contributed by atoms with Gasteiger partial charge >= 0.3 is 5.97 Å². The summed E-state index contributed by atoms with van der Waals surface area (Å²) >= 11 is 3.44. The first kappa shape index (κ1) is 10.7. The molecular weight excluding hydrogens is 284 g/mol. The van der Waals surface area contributed by atoms with E-state index >= 15 is 0 Å². The van der Waals surface area contributed by atoms with Gasteiger partial charge in [0.05, 0.1) is 6.42 Å². The van der Waals surface area contributed by atoms with E-state index in [4.69, 9.17) is 4.74 Å². The molecule has 0 bridgehead atoms. The molecule has 0 saturated carbocycles. The summed E-state index contributed by atoms with van der Waals surface area (Å²) in [6.07, 6.45) is 2.43. The van der Waals surface area contributed by atoms with Crippen LogP contribution in [-0.2, 0) is 9.53 Å². The highest BCUT2D eigenvalue weighted by molar-refractivity contribution is 9.15. The van der Waals surface area contributed by atoms with Gasteiger partial charge in [-0.25, -0.2) is 0 Å². The Morgan fingerprint density at radius 1 is 1.18 bits per heavy atom. The van der Waals surface area contributed by atoms with Gasteiger partial charge in [0.2, 0.25) is 5.78 Å². The molecule has 3 nitrogen and oxygen atoms in total. The molecule has 0 N–H and O–H groups in total. The average molecular weight is 293 g/mol. The molecule has 1 aliphatic carbocycles. The lowest BCUT2D eigenvalue weighted by Crippen LogP contribution is -2.39. The topological polar surface area (TPSA) is 43.4 Å². The average Bonchev–Trinajstić information content (AvgIpc) is 2.69. The molecule has 0 aromatic heterocycles. The van der Waals surface area contributed by atoms with Gasteiger partial charge in [-0.1, -0.05) is 40.2 Å². The fraction of sp³-hybridized carbons (Fsp3) is 0.231. The van der Waals surface area contributed by atoms with Crippen molar-refractivity contribution in [1.29, 1.82) is 0 Å². The van der Waals surface area contributed by atoms with Crippen LogP contribution in [0.2, 0.25) is 0 Å². The number of ketones is 1. The molecule has 86 valence electrons. The summed E-state index contributed by atoms with van der Waals surface area (Å²) in [6.45, 7) is 0. The maximum atomic E-state index is 12.4. The molecule has 1 atom stereocenters. The lowest BCUT2D eigenvalue weighted by atomic mass is 9.83. The van der Waals surface area contributed by atoms with Crippen LogP contribution in [-0.4, -0.2) is 17.4 Å². The van der Waals surface area contributed by atoms with Crippen molar-refractivity contribution in [1.82, 2.24) is 0 Å². The largest absolute Gasteiger partial charge is 0.446 e. The normalized spacial score (nSPS) is 26.8. The third kappa shape index (κ3) is 1.47. The van der Waals surface area contributed by atoms with Crippen LogP contribution in [0, 0.1) is 0 Å². The molecule has 3 rings (SSSR count). The third-order valence-corrected chi connectivity index (χ3v) is 3.83. The van der Waals surface area contributed by atoms with E-state index in [9.17, 15) is 9.59 Å². The van der Waals surface area contributed by atoms with Gasteiger partial charge in [-0.3, -0.25) is 9.59 Å². The standard InChI is InChI=1S/C13H9BrO3/c14-10-7-13(6-5-11(15)17-13)12(16)9-4-2-1-3-8(9)10/h1-4,7H,5-6H2. The van der Waals surface area contributed by atoms with Crippen molar-refractivity contribution in [3.05, 3.63) is 41.5 Å². The highest BCUT2D eigenvalue weighted by atomic mass is 79.9. The van der Waals surface area contributed by atoms with Crippen molar-refractivity contribution in [2.75, 3.05) is 0 Å². The third-order valence-electron chi connectivity index (χ3n) is 3.17. The van der Waals surface area contributed by atoms with Gasteiger partial charge in [-0.05, 0) is 11.6 Å². The fourth-order valence-corrected chi connectivity index (χ4v) is 3.04. The first-order valence-electron chi connectivity index (χ1n) is 5.37. The summed E-state index contributed by atoms with van der Waals surface area (Å²) in [6, 6.07) is 7.32. The zero-order valence-electron chi connectivity index (χ0n) is 8.90. The van der Waals surface area contributed by atoms with Gasteiger partial charge < -0.3 is 4.74 Å². The molecule has 1 aromatic rings. The van der Waals surface area contributed by atoms with E-state index in [0.717, 1.165) is 10.0 Å². The second-order valence-electron chi connectivity index (χ2n) is 4.23. The first-order chi connectivity index (χ1) is 8.12. The van der Waals surface area contributed by atoms with Crippen molar-refractivity contribution in [2.24, 2.45) is 0 Å². The molecule has 1 aliphatic heterocycles. The molecule has 1 heterocycles. The monoisotopic (exact) mass is 292 g/mol. The number of esters is 1. The molecule has 0 radical (unpaired) electrons. The lowest BCUT2D eigenvalue weighted by molar-refractivity contribution is -0.143. The van der Waals surface area contributed by atoms with Crippen LogP contribution in [0.1, 0.15) is 28.8 Å². The predicted octanol–water partition coefficient (Wildman–Crippen LogP) is 2.69. The van der Waals surface area contributed by atoms with Gasteiger partial charge in [0.1, 0.15) is 0 Å². The molecule has 1 saturated heterocycles. The van der Waals surface area contributed by atoms with E-state index in [1.54, 1.807) is 12.1 Å². The summed E-state index contributed by atoms with van der Waals surface area (Å²) in [5.41, 5.74) is 0.382. The first-order valence-corrected chi connectivity index (χ1v) is 6.16. The number of hydrogen-bond acceptors (Lipinski definition) is 3. The number of carbonyl (C=O) groups is 2. The van der Waals surface area contributed by atoms with Crippen LogP contribution in [0.25, 0.3) is 4.48 Å². The number of Topliss-reactive ketones (excluding diaryl/α,β-unsaturated/α-hetero) is 1. The zero-order valence-corrected chi connectivity index (χ0v) is 10.5. The van der Waals surface area contributed by atoms with Crippen molar-refractivity contribution in [2.45, 2.75) is 18.4 Å². The van der Waals surface area contributed by atoms with Crippen LogP contribution < -0.4 is 0 Å². The van der Waals surface area contributed by atoms with Crippen molar-refractivity contribution < 1.29 is 14.3 Å². The predicted molar refractivity (Wildman–Crippen MR) is 65.7 cm³/mol.